The van der Waals surface area contributed by atoms with Crippen LogP contribution in [0.1, 0.15) is 28.4 Å². The molecule has 1 aromatic heterocycles. The smallest absolute Gasteiger partial charge is 0.253 e. The molecule has 1 aliphatic rings. The summed E-state index contributed by atoms with van der Waals surface area (Å²) in [7, 11) is 5.28. The first-order chi connectivity index (χ1) is 15.5. The van der Waals surface area contributed by atoms with Crippen LogP contribution in [-0.2, 0) is 17.7 Å². The molecule has 1 aromatic carbocycles. The van der Waals surface area contributed by atoms with E-state index in [0.29, 0.717) is 18.7 Å². The standard InChI is InChI=1S/C24H34N6O2/c1-18-17-30(12-13-32-18)22-9-8-20(15-27-22)16-28-24(25-2)26-11-10-19-6-5-7-21(14-19)23(31)29(3)4/h5-9,14-15,18H,10-13,16-17H2,1-4H3,(H2,25,26,28). The predicted molar refractivity (Wildman–Crippen MR) is 128 cm³/mol. The highest BCUT2D eigenvalue weighted by molar-refractivity contribution is 5.94. The number of guanidine groups is 1. The van der Waals surface area contributed by atoms with E-state index in [1.165, 1.54) is 0 Å². The number of hydrogen-bond acceptors (Lipinski definition) is 5. The number of hydrogen-bond donors (Lipinski definition) is 2. The highest BCUT2D eigenvalue weighted by Gasteiger charge is 2.17. The molecule has 1 fully saturated rings. The molecule has 3 rings (SSSR count). The molecule has 8 heteroatoms. The number of amides is 1. The maximum absolute atomic E-state index is 12.1. The van der Waals surface area contributed by atoms with E-state index in [4.69, 9.17) is 4.74 Å². The molecule has 0 saturated carbocycles. The van der Waals surface area contributed by atoms with Gasteiger partial charge in [0.25, 0.3) is 5.91 Å². The molecule has 1 aliphatic heterocycles. The van der Waals surface area contributed by atoms with Crippen LogP contribution in [0.15, 0.2) is 47.6 Å². The summed E-state index contributed by atoms with van der Waals surface area (Å²) >= 11 is 0. The highest BCUT2D eigenvalue weighted by Crippen LogP contribution is 2.15. The van der Waals surface area contributed by atoms with Gasteiger partial charge in [-0.05, 0) is 42.7 Å². The first-order valence-corrected chi connectivity index (χ1v) is 11.0. The largest absolute Gasteiger partial charge is 0.375 e. The monoisotopic (exact) mass is 438 g/mol. The zero-order valence-corrected chi connectivity index (χ0v) is 19.5. The second kappa shape index (κ2) is 11.5. The topological polar surface area (TPSA) is 82.1 Å². The average molecular weight is 439 g/mol. The first-order valence-electron chi connectivity index (χ1n) is 11.0. The van der Waals surface area contributed by atoms with Gasteiger partial charge < -0.3 is 25.2 Å². The van der Waals surface area contributed by atoms with Crippen molar-refractivity contribution in [1.82, 2.24) is 20.5 Å². The number of nitrogens with one attached hydrogen (secondary N) is 2. The average Bonchev–Trinajstić information content (AvgIpc) is 2.81. The van der Waals surface area contributed by atoms with Gasteiger partial charge in [-0.2, -0.15) is 0 Å². The Balaban J connectivity index is 1.45. The minimum absolute atomic E-state index is 0.0139. The lowest BCUT2D eigenvalue weighted by Gasteiger charge is -2.32. The third-order valence-electron chi connectivity index (χ3n) is 5.34. The fourth-order valence-corrected chi connectivity index (χ4v) is 3.58. The summed E-state index contributed by atoms with van der Waals surface area (Å²) < 4.78 is 5.60. The third kappa shape index (κ3) is 6.68. The number of rotatable bonds is 7. The predicted octanol–water partition coefficient (Wildman–Crippen LogP) is 1.92. The van der Waals surface area contributed by atoms with Gasteiger partial charge in [0.05, 0.1) is 12.7 Å². The normalized spacial score (nSPS) is 16.6. The zero-order valence-electron chi connectivity index (χ0n) is 19.5. The Morgan fingerprint density at radius 1 is 1.25 bits per heavy atom. The maximum Gasteiger partial charge on any atom is 0.253 e. The van der Waals surface area contributed by atoms with E-state index in [9.17, 15) is 4.79 Å². The van der Waals surface area contributed by atoms with Crippen LogP contribution in [0.4, 0.5) is 5.82 Å². The van der Waals surface area contributed by atoms with E-state index in [0.717, 1.165) is 49.0 Å². The zero-order chi connectivity index (χ0) is 22.9. The highest BCUT2D eigenvalue weighted by atomic mass is 16.5. The van der Waals surface area contributed by atoms with Gasteiger partial charge in [-0.3, -0.25) is 9.79 Å². The van der Waals surface area contributed by atoms with Crippen molar-refractivity contribution in [3.05, 3.63) is 59.3 Å². The van der Waals surface area contributed by atoms with Gasteiger partial charge >= 0.3 is 0 Å². The third-order valence-corrected chi connectivity index (χ3v) is 5.34. The van der Waals surface area contributed by atoms with E-state index in [1.807, 2.05) is 30.5 Å². The number of aliphatic imine (C=N–C) groups is 1. The Morgan fingerprint density at radius 2 is 2.09 bits per heavy atom. The molecule has 2 heterocycles. The summed E-state index contributed by atoms with van der Waals surface area (Å²) in [5, 5.41) is 6.66. The van der Waals surface area contributed by atoms with Crippen molar-refractivity contribution >= 4 is 17.7 Å². The minimum atomic E-state index is 0.0139. The van der Waals surface area contributed by atoms with Crippen LogP contribution in [0, 0.1) is 0 Å². The van der Waals surface area contributed by atoms with Gasteiger partial charge in [0.1, 0.15) is 5.82 Å². The maximum atomic E-state index is 12.1. The van der Waals surface area contributed by atoms with Crippen LogP contribution < -0.4 is 15.5 Å². The number of carbonyl (C=O) groups excluding carboxylic acids is 1. The Kier molecular flexibility index (Phi) is 8.44. The fraction of sp³-hybridized carbons (Fsp3) is 0.458. The van der Waals surface area contributed by atoms with Gasteiger partial charge in [-0.1, -0.05) is 18.2 Å². The molecule has 1 unspecified atom stereocenters. The number of ether oxygens (including phenoxy) is 1. The molecule has 2 aromatic rings. The van der Waals surface area contributed by atoms with E-state index in [2.05, 4.69) is 44.6 Å². The minimum Gasteiger partial charge on any atom is -0.375 e. The lowest BCUT2D eigenvalue weighted by molar-refractivity contribution is 0.0529. The van der Waals surface area contributed by atoms with Gasteiger partial charge in [0, 0.05) is 59.1 Å². The number of carbonyl (C=O) groups is 1. The molecule has 0 aliphatic carbocycles. The van der Waals surface area contributed by atoms with E-state index < -0.39 is 0 Å². The second-order valence-electron chi connectivity index (χ2n) is 8.15. The van der Waals surface area contributed by atoms with Crippen LogP contribution in [-0.4, -0.2) is 75.2 Å². The molecule has 32 heavy (non-hydrogen) atoms. The Morgan fingerprint density at radius 3 is 2.78 bits per heavy atom. The molecule has 2 N–H and O–H groups in total. The van der Waals surface area contributed by atoms with Crippen molar-refractivity contribution in [3.8, 4) is 0 Å². The van der Waals surface area contributed by atoms with Gasteiger partial charge in [0.2, 0.25) is 0 Å². The SMILES string of the molecule is CN=C(NCCc1cccc(C(=O)N(C)C)c1)NCc1ccc(N2CCOC(C)C2)nc1. The molecule has 1 atom stereocenters. The van der Waals surface area contributed by atoms with Gasteiger partial charge in [0.15, 0.2) is 5.96 Å². The summed E-state index contributed by atoms with van der Waals surface area (Å²) in [6, 6.07) is 11.9. The molecule has 172 valence electrons. The number of nitrogens with zero attached hydrogens (tertiary/aromatic N) is 4. The molecule has 8 nitrogen and oxygen atoms in total. The van der Waals surface area contributed by atoms with Gasteiger partial charge in [-0.15, -0.1) is 0 Å². The molecule has 0 bridgehead atoms. The van der Waals surface area contributed by atoms with E-state index >= 15 is 0 Å². The second-order valence-corrected chi connectivity index (χ2v) is 8.15. The van der Waals surface area contributed by atoms with Crippen molar-refractivity contribution < 1.29 is 9.53 Å². The number of morpholine rings is 1. The van der Waals surface area contributed by atoms with E-state index in [-0.39, 0.29) is 12.0 Å². The van der Waals surface area contributed by atoms with Crippen molar-refractivity contribution in [2.24, 2.45) is 4.99 Å². The Bertz CT molecular complexity index is 913. The summed E-state index contributed by atoms with van der Waals surface area (Å²) in [5.41, 5.74) is 2.91. The molecular formula is C24H34N6O2. The summed E-state index contributed by atoms with van der Waals surface area (Å²) in [5.74, 6) is 1.73. The summed E-state index contributed by atoms with van der Waals surface area (Å²) in [6.45, 7) is 5.92. The molecule has 0 radical (unpaired) electrons. The van der Waals surface area contributed by atoms with Crippen LogP contribution in [0.2, 0.25) is 0 Å². The lowest BCUT2D eigenvalue weighted by atomic mass is 10.1. The Labute approximate surface area is 190 Å². The lowest BCUT2D eigenvalue weighted by Crippen LogP contribution is -2.41. The van der Waals surface area contributed by atoms with Crippen molar-refractivity contribution in [1.29, 1.82) is 0 Å². The number of aromatic nitrogens is 1. The quantitative estimate of drug-likeness (QED) is 0.508. The fourth-order valence-electron chi connectivity index (χ4n) is 3.58. The summed E-state index contributed by atoms with van der Waals surface area (Å²) in [4.78, 5) is 24.9. The van der Waals surface area contributed by atoms with Crippen LogP contribution >= 0.6 is 0 Å². The molecule has 1 saturated heterocycles. The van der Waals surface area contributed by atoms with Gasteiger partial charge in [-0.25, -0.2) is 4.98 Å². The van der Waals surface area contributed by atoms with Crippen LogP contribution in [0.5, 0.6) is 0 Å². The number of anilines is 1. The van der Waals surface area contributed by atoms with E-state index in [1.54, 1.807) is 26.0 Å². The van der Waals surface area contributed by atoms with Crippen LogP contribution in [0.3, 0.4) is 0 Å². The first kappa shape index (κ1) is 23.5. The molecular weight excluding hydrogens is 404 g/mol. The summed E-state index contributed by atoms with van der Waals surface area (Å²) in [6.07, 6.45) is 2.93. The van der Waals surface area contributed by atoms with Crippen molar-refractivity contribution in [2.45, 2.75) is 26.0 Å². The Hall–Kier alpha value is -3.13. The molecule has 1 amide bonds. The number of pyridine rings is 1. The van der Waals surface area contributed by atoms with Crippen LogP contribution in [0.25, 0.3) is 0 Å². The molecule has 0 spiro atoms. The van der Waals surface area contributed by atoms with Crippen molar-refractivity contribution in [2.75, 3.05) is 52.3 Å². The number of benzene rings is 1. The van der Waals surface area contributed by atoms with Crippen molar-refractivity contribution in [3.63, 3.8) is 0 Å².